The molecule has 152 valence electrons. The van der Waals surface area contributed by atoms with Crippen LogP contribution in [0.15, 0.2) is 0 Å². The van der Waals surface area contributed by atoms with E-state index in [4.69, 9.17) is 5.73 Å². The Hall–Kier alpha value is -1.67. The van der Waals surface area contributed by atoms with Gasteiger partial charge in [0.25, 0.3) is 0 Å². The summed E-state index contributed by atoms with van der Waals surface area (Å²) in [5, 5.41) is 8.95. The monoisotopic (exact) mass is 371 g/mol. The van der Waals surface area contributed by atoms with Crippen LogP contribution in [0.5, 0.6) is 0 Å². The summed E-state index contributed by atoms with van der Waals surface area (Å²) < 4.78 is 0. The minimum atomic E-state index is -0.538. The molecular weight excluding hydrogens is 334 g/mol. The van der Waals surface area contributed by atoms with Gasteiger partial charge in [0, 0.05) is 25.9 Å². The van der Waals surface area contributed by atoms with Crippen molar-refractivity contribution in [1.82, 2.24) is 20.9 Å². The summed E-state index contributed by atoms with van der Waals surface area (Å²) in [4.78, 5) is 36.7. The number of unbranched alkanes of at least 4 members (excludes halogenated alkanes) is 4. The van der Waals surface area contributed by atoms with E-state index in [2.05, 4.69) is 16.0 Å². The maximum absolute atomic E-state index is 12.2. The molecule has 3 amide bonds. The maximum atomic E-state index is 12.2. The molecule has 0 aliphatic carbocycles. The highest BCUT2D eigenvalue weighted by Gasteiger charge is 2.15. The first-order valence-electron chi connectivity index (χ1n) is 9.63. The summed E-state index contributed by atoms with van der Waals surface area (Å²) in [6.45, 7) is 2.44. The molecule has 0 unspecified atom stereocenters. The van der Waals surface area contributed by atoms with E-state index in [0.717, 1.165) is 51.6 Å². The number of amides is 3. The van der Waals surface area contributed by atoms with Crippen molar-refractivity contribution in [2.45, 2.75) is 51.4 Å². The van der Waals surface area contributed by atoms with Gasteiger partial charge in [-0.25, -0.2) is 0 Å². The van der Waals surface area contributed by atoms with Crippen LogP contribution in [0, 0.1) is 0 Å². The van der Waals surface area contributed by atoms with E-state index in [1.54, 1.807) is 0 Å². The molecule has 0 saturated carbocycles. The SMILES string of the molecule is CNCCCCCC(=O)NCCN(CC(N)=O)C(=O)CCCCCNC. The number of carbonyl (C=O) groups is 3. The van der Waals surface area contributed by atoms with Crippen LogP contribution in [0.25, 0.3) is 0 Å². The van der Waals surface area contributed by atoms with Crippen LogP contribution in [0.1, 0.15) is 51.4 Å². The molecule has 0 fully saturated rings. The van der Waals surface area contributed by atoms with Crippen LogP contribution in [-0.4, -0.2) is 69.4 Å². The van der Waals surface area contributed by atoms with Crippen molar-refractivity contribution in [3.05, 3.63) is 0 Å². The smallest absolute Gasteiger partial charge is 0.237 e. The highest BCUT2D eigenvalue weighted by molar-refractivity contribution is 5.83. The number of nitrogens with one attached hydrogen (secondary N) is 3. The Balaban J connectivity index is 4.03. The predicted octanol–water partition coefficient (Wildman–Crippen LogP) is -0.0239. The number of hydrogen-bond donors (Lipinski definition) is 4. The summed E-state index contributed by atoms with van der Waals surface area (Å²) in [5.41, 5.74) is 5.23. The van der Waals surface area contributed by atoms with Gasteiger partial charge in [-0.2, -0.15) is 0 Å². The van der Waals surface area contributed by atoms with Crippen LogP contribution in [0.2, 0.25) is 0 Å². The molecule has 26 heavy (non-hydrogen) atoms. The molecule has 0 atom stereocenters. The summed E-state index contributed by atoms with van der Waals surface area (Å²) >= 11 is 0. The lowest BCUT2D eigenvalue weighted by atomic mass is 10.1. The zero-order chi connectivity index (χ0) is 19.6. The molecule has 0 saturated heterocycles. The molecule has 0 spiro atoms. The molecule has 8 nitrogen and oxygen atoms in total. The molecular formula is C18H37N5O3. The van der Waals surface area contributed by atoms with E-state index < -0.39 is 5.91 Å². The average Bonchev–Trinajstić information content (AvgIpc) is 2.60. The van der Waals surface area contributed by atoms with E-state index in [-0.39, 0.29) is 18.4 Å². The Bertz CT molecular complexity index is 404. The number of hydrogen-bond acceptors (Lipinski definition) is 5. The second-order valence-corrected chi connectivity index (χ2v) is 6.46. The van der Waals surface area contributed by atoms with Crippen molar-refractivity contribution in [1.29, 1.82) is 0 Å². The molecule has 0 aliphatic rings. The fourth-order valence-electron chi connectivity index (χ4n) is 2.58. The molecule has 0 heterocycles. The van der Waals surface area contributed by atoms with Crippen molar-refractivity contribution in [2.75, 3.05) is 46.8 Å². The van der Waals surface area contributed by atoms with Crippen molar-refractivity contribution >= 4 is 17.7 Å². The van der Waals surface area contributed by atoms with Gasteiger partial charge in [0.05, 0.1) is 6.54 Å². The van der Waals surface area contributed by atoms with E-state index in [0.29, 0.717) is 25.9 Å². The third kappa shape index (κ3) is 14.7. The molecule has 0 aromatic rings. The molecule has 8 heteroatoms. The lowest BCUT2D eigenvalue weighted by molar-refractivity contribution is -0.135. The van der Waals surface area contributed by atoms with Gasteiger partial charge in [-0.3, -0.25) is 14.4 Å². The molecule has 0 aromatic heterocycles. The minimum absolute atomic E-state index is 0.0204. The molecule has 0 radical (unpaired) electrons. The summed E-state index contributed by atoms with van der Waals surface area (Å²) in [6.07, 6.45) is 6.56. The lowest BCUT2D eigenvalue weighted by Gasteiger charge is -2.21. The first-order chi connectivity index (χ1) is 12.5. The van der Waals surface area contributed by atoms with Crippen molar-refractivity contribution in [3.63, 3.8) is 0 Å². The van der Waals surface area contributed by atoms with Crippen LogP contribution in [0.3, 0.4) is 0 Å². The number of nitrogens with two attached hydrogens (primary N) is 1. The fraction of sp³-hybridized carbons (Fsp3) is 0.833. The Morgan fingerprint density at radius 3 is 1.92 bits per heavy atom. The van der Waals surface area contributed by atoms with Gasteiger partial charge in [-0.1, -0.05) is 12.8 Å². The largest absolute Gasteiger partial charge is 0.368 e. The lowest BCUT2D eigenvalue weighted by Crippen LogP contribution is -2.42. The van der Waals surface area contributed by atoms with Gasteiger partial charge < -0.3 is 26.6 Å². The molecule has 0 aromatic carbocycles. The van der Waals surface area contributed by atoms with Crippen LogP contribution in [-0.2, 0) is 14.4 Å². The van der Waals surface area contributed by atoms with Crippen LogP contribution >= 0.6 is 0 Å². The first-order valence-corrected chi connectivity index (χ1v) is 9.63. The molecule has 5 N–H and O–H groups in total. The Labute approximate surface area is 157 Å². The summed E-state index contributed by atoms with van der Waals surface area (Å²) in [7, 11) is 3.81. The minimum Gasteiger partial charge on any atom is -0.368 e. The van der Waals surface area contributed by atoms with E-state index in [1.165, 1.54) is 4.90 Å². The molecule has 0 bridgehead atoms. The van der Waals surface area contributed by atoms with Crippen LogP contribution < -0.4 is 21.7 Å². The third-order valence-electron chi connectivity index (χ3n) is 4.05. The third-order valence-corrected chi connectivity index (χ3v) is 4.05. The second kappa shape index (κ2) is 16.8. The second-order valence-electron chi connectivity index (χ2n) is 6.46. The average molecular weight is 372 g/mol. The van der Waals surface area contributed by atoms with E-state index >= 15 is 0 Å². The molecule has 0 rings (SSSR count). The van der Waals surface area contributed by atoms with Gasteiger partial charge in [0.15, 0.2) is 0 Å². The Morgan fingerprint density at radius 1 is 0.808 bits per heavy atom. The van der Waals surface area contributed by atoms with Gasteiger partial charge in [-0.15, -0.1) is 0 Å². The highest BCUT2D eigenvalue weighted by Crippen LogP contribution is 2.03. The van der Waals surface area contributed by atoms with E-state index in [9.17, 15) is 14.4 Å². The number of rotatable bonds is 17. The van der Waals surface area contributed by atoms with Gasteiger partial charge in [0.1, 0.15) is 0 Å². The Morgan fingerprint density at radius 2 is 1.38 bits per heavy atom. The van der Waals surface area contributed by atoms with Crippen molar-refractivity contribution < 1.29 is 14.4 Å². The van der Waals surface area contributed by atoms with Gasteiger partial charge in [0.2, 0.25) is 17.7 Å². The zero-order valence-corrected chi connectivity index (χ0v) is 16.4. The quantitative estimate of drug-likeness (QED) is 0.268. The summed E-state index contributed by atoms with van der Waals surface area (Å²) in [5.74, 6) is -0.646. The number of nitrogens with zero attached hydrogens (tertiary/aromatic N) is 1. The highest BCUT2D eigenvalue weighted by atomic mass is 16.2. The van der Waals surface area contributed by atoms with Crippen LogP contribution in [0.4, 0.5) is 0 Å². The zero-order valence-electron chi connectivity index (χ0n) is 16.4. The normalized spacial score (nSPS) is 10.5. The van der Waals surface area contributed by atoms with Gasteiger partial charge in [-0.05, 0) is 52.9 Å². The molecule has 0 aliphatic heterocycles. The maximum Gasteiger partial charge on any atom is 0.237 e. The predicted molar refractivity (Wildman–Crippen MR) is 104 cm³/mol. The first kappa shape index (κ1) is 24.3. The number of primary amides is 1. The topological polar surface area (TPSA) is 117 Å². The van der Waals surface area contributed by atoms with Gasteiger partial charge >= 0.3 is 0 Å². The van der Waals surface area contributed by atoms with E-state index in [1.807, 2.05) is 14.1 Å². The number of carbonyl (C=O) groups excluding carboxylic acids is 3. The summed E-state index contributed by atoms with van der Waals surface area (Å²) in [6, 6.07) is 0. The fourth-order valence-corrected chi connectivity index (χ4v) is 2.58. The Kier molecular flexibility index (Phi) is 15.7. The standard InChI is InChI=1S/C18H37N5O3/c1-20-11-7-3-5-9-17(25)22-13-14-23(15-16(19)24)18(26)10-6-4-8-12-21-2/h20-21H,3-15H2,1-2H3,(H2,19,24)(H,22,25). The van der Waals surface area contributed by atoms with Crippen molar-refractivity contribution in [3.8, 4) is 0 Å². The van der Waals surface area contributed by atoms with Crippen molar-refractivity contribution in [2.24, 2.45) is 5.73 Å².